The zero-order valence-electron chi connectivity index (χ0n) is 9.03. The average molecular weight is 203 g/mol. The van der Waals surface area contributed by atoms with Gasteiger partial charge in [-0.3, -0.25) is 4.79 Å². The van der Waals surface area contributed by atoms with E-state index >= 15 is 0 Å². The van der Waals surface area contributed by atoms with E-state index in [0.717, 1.165) is 0 Å². The van der Waals surface area contributed by atoms with Crippen molar-refractivity contribution in [1.29, 1.82) is 5.26 Å². The molecular weight excluding hydrogens is 190 g/mol. The van der Waals surface area contributed by atoms with E-state index in [-0.39, 0.29) is 5.91 Å². The highest BCUT2D eigenvalue weighted by atomic mass is 16.2. The fraction of sp³-hybridized carbons (Fsp3) is 0.364. The molecule has 1 amide bonds. The van der Waals surface area contributed by atoms with E-state index < -0.39 is 5.41 Å². The average Bonchev–Trinajstić information content (AvgIpc) is 2.17. The summed E-state index contributed by atoms with van der Waals surface area (Å²) in [6, 6.07) is 5.14. The first-order chi connectivity index (χ1) is 6.93. The molecule has 15 heavy (non-hydrogen) atoms. The summed E-state index contributed by atoms with van der Waals surface area (Å²) in [5.74, 6) is -0.0750. The van der Waals surface area contributed by atoms with E-state index in [4.69, 9.17) is 5.26 Å². The molecule has 0 aliphatic rings. The lowest BCUT2D eigenvalue weighted by molar-refractivity contribution is -0.123. The van der Waals surface area contributed by atoms with E-state index in [1.54, 1.807) is 12.1 Å². The number of nitrogens with one attached hydrogen (secondary N) is 1. The third-order valence-electron chi connectivity index (χ3n) is 1.82. The maximum atomic E-state index is 11.6. The molecule has 1 rings (SSSR count). The Hall–Kier alpha value is -1.89. The van der Waals surface area contributed by atoms with Gasteiger partial charge >= 0.3 is 0 Å². The second kappa shape index (κ2) is 4.09. The van der Waals surface area contributed by atoms with Gasteiger partial charge in [0.25, 0.3) is 0 Å². The minimum Gasteiger partial charge on any atom is -0.324 e. The van der Waals surface area contributed by atoms with Crippen molar-refractivity contribution in [3.63, 3.8) is 0 Å². The third kappa shape index (κ3) is 3.06. The van der Waals surface area contributed by atoms with Gasteiger partial charge < -0.3 is 5.32 Å². The Labute approximate surface area is 88.9 Å². The molecule has 1 aromatic heterocycles. The van der Waals surface area contributed by atoms with Crippen molar-refractivity contribution < 1.29 is 4.79 Å². The fourth-order valence-corrected chi connectivity index (χ4v) is 0.853. The number of amides is 1. The molecular formula is C11H13N3O. The summed E-state index contributed by atoms with van der Waals surface area (Å²) < 4.78 is 0. The van der Waals surface area contributed by atoms with Crippen LogP contribution in [0.5, 0.6) is 0 Å². The van der Waals surface area contributed by atoms with Crippen LogP contribution in [0.1, 0.15) is 26.5 Å². The van der Waals surface area contributed by atoms with Crippen LogP contribution in [0.25, 0.3) is 0 Å². The van der Waals surface area contributed by atoms with Crippen LogP contribution in [-0.2, 0) is 4.79 Å². The second-order valence-corrected chi connectivity index (χ2v) is 4.25. The largest absolute Gasteiger partial charge is 0.324 e. The van der Waals surface area contributed by atoms with Gasteiger partial charge in [0.1, 0.15) is 11.8 Å². The molecule has 0 aliphatic heterocycles. The SMILES string of the molecule is CC(C)(C)C(=O)Nc1ccc(C#N)nc1. The molecule has 0 saturated carbocycles. The molecule has 0 radical (unpaired) electrons. The normalized spacial score (nSPS) is 10.5. The Morgan fingerprint density at radius 3 is 2.53 bits per heavy atom. The highest BCUT2D eigenvalue weighted by Gasteiger charge is 2.21. The van der Waals surface area contributed by atoms with Crippen molar-refractivity contribution in [2.75, 3.05) is 5.32 Å². The summed E-state index contributed by atoms with van der Waals surface area (Å²) in [7, 11) is 0. The highest BCUT2D eigenvalue weighted by molar-refractivity contribution is 5.94. The van der Waals surface area contributed by atoms with Gasteiger partial charge in [-0.2, -0.15) is 5.26 Å². The van der Waals surface area contributed by atoms with E-state index in [9.17, 15) is 4.79 Å². The fourth-order valence-electron chi connectivity index (χ4n) is 0.853. The van der Waals surface area contributed by atoms with Gasteiger partial charge in [-0.05, 0) is 12.1 Å². The summed E-state index contributed by atoms with van der Waals surface area (Å²) in [5.41, 5.74) is 0.506. The van der Waals surface area contributed by atoms with Crippen molar-refractivity contribution >= 4 is 11.6 Å². The lowest BCUT2D eigenvalue weighted by Gasteiger charge is -2.17. The number of anilines is 1. The van der Waals surface area contributed by atoms with Gasteiger partial charge in [0, 0.05) is 5.41 Å². The van der Waals surface area contributed by atoms with E-state index in [1.807, 2.05) is 26.8 Å². The first-order valence-corrected chi connectivity index (χ1v) is 4.61. The molecule has 4 nitrogen and oxygen atoms in total. The van der Waals surface area contributed by atoms with Crippen LogP contribution in [-0.4, -0.2) is 10.9 Å². The number of carbonyl (C=O) groups excluding carboxylic acids is 1. The Morgan fingerprint density at radius 1 is 1.47 bits per heavy atom. The van der Waals surface area contributed by atoms with Crippen molar-refractivity contribution in [2.45, 2.75) is 20.8 Å². The number of hydrogen-bond acceptors (Lipinski definition) is 3. The first-order valence-electron chi connectivity index (χ1n) is 4.61. The summed E-state index contributed by atoms with van der Waals surface area (Å²) >= 11 is 0. The Balaban J connectivity index is 2.75. The molecule has 78 valence electrons. The summed E-state index contributed by atoms with van der Waals surface area (Å²) in [6.45, 7) is 5.50. The number of hydrogen-bond donors (Lipinski definition) is 1. The Kier molecular flexibility index (Phi) is 3.05. The molecule has 0 unspecified atom stereocenters. The molecule has 0 atom stereocenters. The topological polar surface area (TPSA) is 65.8 Å². The molecule has 1 aromatic rings. The van der Waals surface area contributed by atoms with Crippen molar-refractivity contribution in [1.82, 2.24) is 4.98 Å². The van der Waals surface area contributed by atoms with Crippen molar-refractivity contribution in [3.05, 3.63) is 24.0 Å². The van der Waals surface area contributed by atoms with Crippen LogP contribution in [0.4, 0.5) is 5.69 Å². The van der Waals surface area contributed by atoms with Crippen LogP contribution in [0.3, 0.4) is 0 Å². The quantitative estimate of drug-likeness (QED) is 0.758. The number of pyridine rings is 1. The maximum Gasteiger partial charge on any atom is 0.229 e. The molecule has 0 aromatic carbocycles. The van der Waals surface area contributed by atoms with Gasteiger partial charge in [0.05, 0.1) is 11.9 Å². The lowest BCUT2D eigenvalue weighted by atomic mass is 9.96. The van der Waals surface area contributed by atoms with Crippen LogP contribution in [0.15, 0.2) is 18.3 Å². The van der Waals surface area contributed by atoms with Gasteiger partial charge in [-0.15, -0.1) is 0 Å². The number of nitriles is 1. The smallest absolute Gasteiger partial charge is 0.229 e. The molecule has 4 heteroatoms. The van der Waals surface area contributed by atoms with Gasteiger partial charge in [-0.1, -0.05) is 20.8 Å². The van der Waals surface area contributed by atoms with Crippen molar-refractivity contribution in [3.8, 4) is 6.07 Å². The maximum absolute atomic E-state index is 11.6. The summed E-state index contributed by atoms with van der Waals surface area (Å²) in [5, 5.41) is 11.3. The minimum absolute atomic E-state index is 0.0750. The molecule has 0 aliphatic carbocycles. The zero-order valence-corrected chi connectivity index (χ0v) is 9.03. The predicted octanol–water partition coefficient (Wildman–Crippen LogP) is 1.94. The molecule has 0 saturated heterocycles. The lowest BCUT2D eigenvalue weighted by Crippen LogP contribution is -2.27. The van der Waals surface area contributed by atoms with Crippen molar-refractivity contribution in [2.24, 2.45) is 5.41 Å². The van der Waals surface area contributed by atoms with Gasteiger partial charge in [-0.25, -0.2) is 4.98 Å². The third-order valence-corrected chi connectivity index (χ3v) is 1.82. The van der Waals surface area contributed by atoms with Gasteiger partial charge in [0.2, 0.25) is 5.91 Å². The highest BCUT2D eigenvalue weighted by Crippen LogP contribution is 2.16. The van der Waals surface area contributed by atoms with Crippen LogP contribution in [0.2, 0.25) is 0 Å². The minimum atomic E-state index is -0.437. The molecule has 0 bridgehead atoms. The Bertz CT molecular complexity index is 395. The second-order valence-electron chi connectivity index (χ2n) is 4.25. The number of nitrogens with zero attached hydrogens (tertiary/aromatic N) is 2. The summed E-state index contributed by atoms with van der Waals surface area (Å²) in [4.78, 5) is 15.4. The number of carbonyl (C=O) groups is 1. The predicted molar refractivity (Wildman–Crippen MR) is 57.0 cm³/mol. The molecule has 1 N–H and O–H groups in total. The Morgan fingerprint density at radius 2 is 2.13 bits per heavy atom. The van der Waals surface area contributed by atoms with Crippen LogP contribution < -0.4 is 5.32 Å². The standard InChI is InChI=1S/C11H13N3O/c1-11(2,3)10(15)14-9-5-4-8(6-12)13-7-9/h4-5,7H,1-3H3,(H,14,15). The first kappa shape index (κ1) is 11.2. The van der Waals surface area contributed by atoms with Gasteiger partial charge in [0.15, 0.2) is 0 Å². The molecule has 0 spiro atoms. The van der Waals surface area contributed by atoms with E-state index in [0.29, 0.717) is 11.4 Å². The number of rotatable bonds is 1. The summed E-state index contributed by atoms with van der Waals surface area (Å²) in [6.07, 6.45) is 1.47. The monoisotopic (exact) mass is 203 g/mol. The van der Waals surface area contributed by atoms with Crippen LogP contribution in [0, 0.1) is 16.7 Å². The molecule has 1 heterocycles. The zero-order chi connectivity index (χ0) is 11.5. The number of aromatic nitrogens is 1. The van der Waals surface area contributed by atoms with E-state index in [1.165, 1.54) is 6.20 Å². The molecule has 0 fully saturated rings. The van der Waals surface area contributed by atoms with Crippen LogP contribution >= 0.6 is 0 Å². The van der Waals surface area contributed by atoms with E-state index in [2.05, 4.69) is 10.3 Å².